The van der Waals surface area contributed by atoms with Crippen molar-refractivity contribution in [2.24, 2.45) is 0 Å². The second kappa shape index (κ2) is 8.51. The first-order valence-electron chi connectivity index (χ1n) is 6.47. The standard InChI is InChI=1S/C15H20FNO4/c1-17(9-13(18)10-21-2)8-11-3-5-14(16)12(7-11)4-6-15(19)20/h3-7,13,18H,8-10H2,1-2H3,(H,19,20). The Hall–Kier alpha value is -1.76. The fourth-order valence-corrected chi connectivity index (χ4v) is 1.96. The van der Waals surface area contributed by atoms with Crippen LogP contribution in [0.1, 0.15) is 11.1 Å². The number of likely N-dealkylation sites (N-methyl/N-ethyl adjacent to an activating group) is 1. The molecular formula is C15H20FNO4. The molecule has 0 aliphatic carbocycles. The minimum Gasteiger partial charge on any atom is -0.478 e. The van der Waals surface area contributed by atoms with E-state index in [9.17, 15) is 14.3 Å². The first-order chi connectivity index (χ1) is 9.92. The number of benzene rings is 1. The van der Waals surface area contributed by atoms with E-state index >= 15 is 0 Å². The van der Waals surface area contributed by atoms with Crippen molar-refractivity contribution >= 4 is 12.0 Å². The topological polar surface area (TPSA) is 70.0 Å². The molecule has 2 N–H and O–H groups in total. The highest BCUT2D eigenvalue weighted by molar-refractivity contribution is 5.85. The van der Waals surface area contributed by atoms with Crippen molar-refractivity contribution in [1.82, 2.24) is 4.90 Å². The van der Waals surface area contributed by atoms with Gasteiger partial charge in [-0.05, 0) is 30.8 Å². The van der Waals surface area contributed by atoms with E-state index < -0.39 is 17.9 Å². The highest BCUT2D eigenvalue weighted by atomic mass is 19.1. The number of aliphatic carboxylic acids is 1. The molecule has 21 heavy (non-hydrogen) atoms. The van der Waals surface area contributed by atoms with Gasteiger partial charge in [-0.2, -0.15) is 0 Å². The number of methoxy groups -OCH3 is 1. The van der Waals surface area contributed by atoms with Crippen LogP contribution in [0.5, 0.6) is 0 Å². The van der Waals surface area contributed by atoms with Gasteiger partial charge < -0.3 is 14.9 Å². The summed E-state index contributed by atoms with van der Waals surface area (Å²) in [5, 5.41) is 18.2. The zero-order valence-electron chi connectivity index (χ0n) is 12.1. The van der Waals surface area contributed by atoms with Crippen molar-refractivity contribution in [3.05, 3.63) is 41.2 Å². The molecule has 0 fully saturated rings. The smallest absolute Gasteiger partial charge is 0.328 e. The van der Waals surface area contributed by atoms with Crippen molar-refractivity contribution in [1.29, 1.82) is 0 Å². The summed E-state index contributed by atoms with van der Waals surface area (Å²) in [6.45, 7) is 1.18. The quantitative estimate of drug-likeness (QED) is 0.709. The van der Waals surface area contributed by atoms with E-state index in [1.54, 1.807) is 12.1 Å². The molecule has 0 saturated heterocycles. The minimum absolute atomic E-state index is 0.223. The molecule has 0 aliphatic heterocycles. The highest BCUT2D eigenvalue weighted by Crippen LogP contribution is 2.14. The number of ether oxygens (including phenoxy) is 1. The molecule has 6 heteroatoms. The van der Waals surface area contributed by atoms with E-state index in [4.69, 9.17) is 9.84 Å². The third kappa shape index (κ3) is 6.48. The molecule has 1 rings (SSSR count). The van der Waals surface area contributed by atoms with Crippen molar-refractivity contribution in [2.75, 3.05) is 27.3 Å². The molecule has 1 aromatic rings. The number of rotatable bonds is 8. The van der Waals surface area contributed by atoms with E-state index in [1.165, 1.54) is 19.3 Å². The summed E-state index contributed by atoms with van der Waals surface area (Å²) in [5.41, 5.74) is 1.05. The van der Waals surface area contributed by atoms with E-state index in [1.807, 2.05) is 11.9 Å². The van der Waals surface area contributed by atoms with Gasteiger partial charge in [-0.15, -0.1) is 0 Å². The van der Waals surface area contributed by atoms with Gasteiger partial charge in [0.25, 0.3) is 0 Å². The zero-order valence-corrected chi connectivity index (χ0v) is 12.1. The molecular weight excluding hydrogens is 277 g/mol. The van der Waals surface area contributed by atoms with Crippen LogP contribution in [0.4, 0.5) is 4.39 Å². The third-order valence-electron chi connectivity index (χ3n) is 2.80. The molecule has 5 nitrogen and oxygen atoms in total. The molecule has 0 radical (unpaired) electrons. The average Bonchev–Trinajstić information content (AvgIpc) is 2.39. The van der Waals surface area contributed by atoms with Gasteiger partial charge in [0.15, 0.2) is 0 Å². The number of hydrogen-bond donors (Lipinski definition) is 2. The summed E-state index contributed by atoms with van der Waals surface area (Å²) >= 11 is 0. The Labute approximate surface area is 123 Å². The third-order valence-corrected chi connectivity index (χ3v) is 2.80. The van der Waals surface area contributed by atoms with Gasteiger partial charge in [-0.25, -0.2) is 9.18 Å². The number of hydrogen-bond acceptors (Lipinski definition) is 4. The van der Waals surface area contributed by atoms with Gasteiger partial charge in [-0.3, -0.25) is 4.90 Å². The van der Waals surface area contributed by atoms with E-state index in [-0.39, 0.29) is 12.2 Å². The van der Waals surface area contributed by atoms with Gasteiger partial charge >= 0.3 is 5.97 Å². The van der Waals surface area contributed by atoms with Crippen molar-refractivity contribution in [2.45, 2.75) is 12.6 Å². The fourth-order valence-electron chi connectivity index (χ4n) is 1.96. The van der Waals surface area contributed by atoms with Crippen LogP contribution in [0.2, 0.25) is 0 Å². The van der Waals surface area contributed by atoms with Crippen LogP contribution in [0, 0.1) is 5.82 Å². The molecule has 1 unspecified atom stereocenters. The molecule has 1 aromatic carbocycles. The Morgan fingerprint density at radius 2 is 2.24 bits per heavy atom. The normalized spacial score (nSPS) is 13.0. The summed E-state index contributed by atoms with van der Waals surface area (Å²) in [4.78, 5) is 12.3. The van der Waals surface area contributed by atoms with Crippen LogP contribution in [0.25, 0.3) is 6.08 Å². The van der Waals surface area contributed by atoms with E-state index in [2.05, 4.69) is 0 Å². The molecule has 0 aromatic heterocycles. The lowest BCUT2D eigenvalue weighted by Crippen LogP contribution is -2.31. The van der Waals surface area contributed by atoms with Crippen molar-refractivity contribution in [3.8, 4) is 0 Å². The first kappa shape index (κ1) is 17.3. The maximum Gasteiger partial charge on any atom is 0.328 e. The summed E-state index contributed by atoms with van der Waals surface area (Å²) in [5.74, 6) is -1.60. The molecule has 0 heterocycles. The summed E-state index contributed by atoms with van der Waals surface area (Å²) in [6.07, 6.45) is 1.53. The number of nitrogens with zero attached hydrogens (tertiary/aromatic N) is 1. The Morgan fingerprint density at radius 1 is 1.52 bits per heavy atom. The molecule has 0 amide bonds. The van der Waals surface area contributed by atoms with Gasteiger partial charge in [0.1, 0.15) is 5.82 Å². The second-order valence-corrected chi connectivity index (χ2v) is 4.83. The largest absolute Gasteiger partial charge is 0.478 e. The number of halogens is 1. The predicted octanol–water partition coefficient (Wildman–Crippen LogP) is 1.36. The van der Waals surface area contributed by atoms with Crippen molar-refractivity contribution in [3.63, 3.8) is 0 Å². The fraction of sp³-hybridized carbons (Fsp3) is 0.400. The van der Waals surface area contributed by atoms with E-state index in [0.29, 0.717) is 13.1 Å². The Morgan fingerprint density at radius 3 is 2.86 bits per heavy atom. The van der Waals surface area contributed by atoms with Gasteiger partial charge in [0, 0.05) is 31.8 Å². The van der Waals surface area contributed by atoms with Crippen LogP contribution in [0.3, 0.4) is 0 Å². The summed E-state index contributed by atoms with van der Waals surface area (Å²) in [6, 6.07) is 4.52. The maximum absolute atomic E-state index is 13.6. The Bertz CT molecular complexity index is 504. The minimum atomic E-state index is -1.13. The van der Waals surface area contributed by atoms with E-state index in [0.717, 1.165) is 11.6 Å². The Balaban J connectivity index is 2.71. The number of carbonyl (C=O) groups is 1. The van der Waals surface area contributed by atoms with Crippen LogP contribution in [0.15, 0.2) is 24.3 Å². The van der Waals surface area contributed by atoms with Crippen LogP contribution in [-0.2, 0) is 16.1 Å². The second-order valence-electron chi connectivity index (χ2n) is 4.83. The van der Waals surface area contributed by atoms with Crippen LogP contribution in [-0.4, -0.2) is 54.5 Å². The average molecular weight is 297 g/mol. The first-order valence-corrected chi connectivity index (χ1v) is 6.47. The van der Waals surface area contributed by atoms with Gasteiger partial charge in [0.2, 0.25) is 0 Å². The number of aliphatic hydroxyl groups is 1. The summed E-state index contributed by atoms with van der Waals surface area (Å²) < 4.78 is 18.4. The molecule has 0 aliphatic rings. The van der Waals surface area contributed by atoms with Crippen molar-refractivity contribution < 1.29 is 24.1 Å². The highest BCUT2D eigenvalue weighted by Gasteiger charge is 2.09. The van der Waals surface area contributed by atoms with Gasteiger partial charge in [-0.1, -0.05) is 6.07 Å². The lowest BCUT2D eigenvalue weighted by molar-refractivity contribution is -0.131. The zero-order chi connectivity index (χ0) is 15.8. The number of aliphatic hydroxyl groups excluding tert-OH is 1. The monoisotopic (exact) mass is 297 g/mol. The summed E-state index contributed by atoms with van der Waals surface area (Å²) in [7, 11) is 3.35. The molecule has 116 valence electrons. The molecule has 0 spiro atoms. The molecule has 0 saturated carbocycles. The van der Waals surface area contributed by atoms with Crippen LogP contribution >= 0.6 is 0 Å². The predicted molar refractivity (Wildman–Crippen MR) is 77.3 cm³/mol. The lowest BCUT2D eigenvalue weighted by atomic mass is 10.1. The Kier molecular flexibility index (Phi) is 7.01. The molecule has 1 atom stereocenters. The SMILES string of the molecule is COCC(O)CN(C)Cc1ccc(F)c(C=CC(=O)O)c1. The lowest BCUT2D eigenvalue weighted by Gasteiger charge is -2.20. The number of carboxylic acid groups (broad SMARTS) is 1. The maximum atomic E-state index is 13.6. The van der Waals surface area contributed by atoms with Gasteiger partial charge in [0.05, 0.1) is 12.7 Å². The number of carboxylic acids is 1. The van der Waals surface area contributed by atoms with Crippen LogP contribution < -0.4 is 0 Å². The molecule has 0 bridgehead atoms.